The molecule has 0 bridgehead atoms. The zero-order valence-electron chi connectivity index (χ0n) is 11.2. The van der Waals surface area contributed by atoms with Gasteiger partial charge >= 0.3 is 0 Å². The number of piperidine rings is 1. The molecule has 0 radical (unpaired) electrons. The lowest BCUT2D eigenvalue weighted by molar-refractivity contribution is -0.118. The molecule has 2 N–H and O–H groups in total. The number of nitrogens with one attached hydrogen (secondary N) is 2. The van der Waals surface area contributed by atoms with E-state index in [4.69, 9.17) is 0 Å². The Bertz CT molecular complexity index is 224. The predicted molar refractivity (Wildman–Crippen MR) is 77.9 cm³/mol. The lowest BCUT2D eigenvalue weighted by Gasteiger charge is -2.23. The van der Waals surface area contributed by atoms with Crippen LogP contribution < -0.4 is 10.6 Å². The normalized spacial score (nSPS) is 22.9. The molecule has 4 heteroatoms. The van der Waals surface area contributed by atoms with Gasteiger partial charge in [0, 0.05) is 11.8 Å². The van der Waals surface area contributed by atoms with Gasteiger partial charge in [0.05, 0.1) is 5.75 Å². The molecule has 18 heavy (non-hydrogen) atoms. The minimum Gasteiger partial charge on any atom is -0.355 e. The summed E-state index contributed by atoms with van der Waals surface area (Å²) in [5, 5.41) is 7.16. The summed E-state index contributed by atoms with van der Waals surface area (Å²) in [6.45, 7) is 3.13. The van der Waals surface area contributed by atoms with Crippen LogP contribution in [0.25, 0.3) is 0 Å². The number of carbonyl (C=O) groups excluding carboxylic acids is 1. The number of hydrogen-bond donors (Lipinski definition) is 2. The maximum atomic E-state index is 11.8. The quantitative estimate of drug-likeness (QED) is 0.804. The van der Waals surface area contributed by atoms with Gasteiger partial charge in [0.25, 0.3) is 0 Å². The van der Waals surface area contributed by atoms with E-state index >= 15 is 0 Å². The molecular weight excluding hydrogens is 244 g/mol. The zero-order chi connectivity index (χ0) is 12.6. The van der Waals surface area contributed by atoms with Crippen molar-refractivity contribution in [2.24, 2.45) is 5.92 Å². The Hall–Kier alpha value is -0.220. The highest BCUT2D eigenvalue weighted by molar-refractivity contribution is 8.00. The summed E-state index contributed by atoms with van der Waals surface area (Å²) < 4.78 is 0. The Morgan fingerprint density at radius 3 is 2.56 bits per heavy atom. The summed E-state index contributed by atoms with van der Waals surface area (Å²) in [7, 11) is 0. The van der Waals surface area contributed by atoms with Gasteiger partial charge < -0.3 is 10.6 Å². The first-order chi connectivity index (χ1) is 8.84. The fourth-order valence-electron chi connectivity index (χ4n) is 2.86. The molecule has 3 nitrogen and oxygen atoms in total. The molecule has 0 unspecified atom stereocenters. The lowest BCUT2D eigenvalue weighted by Crippen LogP contribution is -2.33. The minimum absolute atomic E-state index is 0.240. The molecule has 0 aromatic heterocycles. The smallest absolute Gasteiger partial charge is 0.230 e. The standard InChI is InChI=1S/C14H26N2OS/c17-14(11-18-13-6-8-15-9-7-13)16-10-12-4-2-1-3-5-12/h12-13,15H,1-11H2,(H,16,17). The monoisotopic (exact) mass is 270 g/mol. The van der Waals surface area contributed by atoms with E-state index in [-0.39, 0.29) is 5.91 Å². The van der Waals surface area contributed by atoms with Crippen LogP contribution in [0.15, 0.2) is 0 Å². The van der Waals surface area contributed by atoms with Gasteiger partial charge in [-0.05, 0) is 44.7 Å². The van der Waals surface area contributed by atoms with Crippen LogP contribution in [0.4, 0.5) is 0 Å². The minimum atomic E-state index is 0.240. The van der Waals surface area contributed by atoms with E-state index in [0.717, 1.165) is 25.6 Å². The Labute approximate surface area is 115 Å². The van der Waals surface area contributed by atoms with Gasteiger partial charge in [-0.1, -0.05) is 19.3 Å². The predicted octanol–water partition coefficient (Wildman–Crippen LogP) is 2.17. The Kier molecular flexibility index (Phi) is 6.35. The molecule has 2 fully saturated rings. The number of carbonyl (C=O) groups is 1. The van der Waals surface area contributed by atoms with Crippen LogP contribution in [0.2, 0.25) is 0 Å². The van der Waals surface area contributed by atoms with Crippen LogP contribution in [0.1, 0.15) is 44.9 Å². The molecular formula is C14H26N2OS. The molecule has 0 spiro atoms. The van der Waals surface area contributed by atoms with Crippen molar-refractivity contribution in [3.8, 4) is 0 Å². The summed E-state index contributed by atoms with van der Waals surface area (Å²) in [5.74, 6) is 1.63. The molecule has 1 saturated carbocycles. The third-order valence-corrected chi connectivity index (χ3v) is 5.42. The summed E-state index contributed by atoms with van der Waals surface area (Å²) in [6, 6.07) is 0. The van der Waals surface area contributed by atoms with Gasteiger partial charge in [0.15, 0.2) is 0 Å². The molecule has 2 aliphatic rings. The van der Waals surface area contributed by atoms with Crippen molar-refractivity contribution in [3.05, 3.63) is 0 Å². The van der Waals surface area contributed by atoms with Crippen molar-refractivity contribution in [1.82, 2.24) is 10.6 Å². The van der Waals surface area contributed by atoms with Crippen LogP contribution in [0.3, 0.4) is 0 Å². The first-order valence-electron chi connectivity index (χ1n) is 7.43. The average Bonchev–Trinajstić information content (AvgIpc) is 2.45. The van der Waals surface area contributed by atoms with E-state index in [1.165, 1.54) is 44.9 Å². The molecule has 1 aliphatic heterocycles. The van der Waals surface area contributed by atoms with E-state index in [2.05, 4.69) is 10.6 Å². The van der Waals surface area contributed by atoms with Crippen LogP contribution in [0, 0.1) is 5.92 Å². The summed E-state index contributed by atoms with van der Waals surface area (Å²) in [6.07, 6.45) is 9.12. The number of thioether (sulfide) groups is 1. The van der Waals surface area contributed by atoms with Crippen LogP contribution >= 0.6 is 11.8 Å². The average molecular weight is 270 g/mol. The highest BCUT2D eigenvalue weighted by Gasteiger charge is 2.16. The maximum Gasteiger partial charge on any atom is 0.230 e. The number of hydrogen-bond acceptors (Lipinski definition) is 3. The first kappa shape index (κ1) is 14.2. The molecule has 0 aromatic rings. The van der Waals surface area contributed by atoms with Crippen molar-refractivity contribution in [2.45, 2.75) is 50.2 Å². The van der Waals surface area contributed by atoms with E-state index in [1.54, 1.807) is 0 Å². The van der Waals surface area contributed by atoms with Crippen LogP contribution in [0.5, 0.6) is 0 Å². The van der Waals surface area contributed by atoms with E-state index in [1.807, 2.05) is 11.8 Å². The molecule has 0 aromatic carbocycles. The van der Waals surface area contributed by atoms with E-state index in [9.17, 15) is 4.79 Å². The number of rotatable bonds is 5. The Morgan fingerprint density at radius 1 is 1.11 bits per heavy atom. The van der Waals surface area contributed by atoms with Gasteiger partial charge in [-0.25, -0.2) is 0 Å². The highest BCUT2D eigenvalue weighted by Crippen LogP contribution is 2.23. The second-order valence-electron chi connectivity index (χ2n) is 5.57. The molecule has 1 amide bonds. The highest BCUT2D eigenvalue weighted by atomic mass is 32.2. The van der Waals surface area contributed by atoms with Gasteiger partial charge in [-0.2, -0.15) is 0 Å². The second kappa shape index (κ2) is 8.05. The molecule has 2 rings (SSSR count). The molecule has 1 aliphatic carbocycles. The zero-order valence-corrected chi connectivity index (χ0v) is 12.1. The van der Waals surface area contributed by atoms with Crippen LogP contribution in [-0.4, -0.2) is 36.5 Å². The van der Waals surface area contributed by atoms with Crippen LogP contribution in [-0.2, 0) is 4.79 Å². The second-order valence-corrected chi connectivity index (χ2v) is 6.86. The largest absolute Gasteiger partial charge is 0.355 e. The first-order valence-corrected chi connectivity index (χ1v) is 8.48. The third-order valence-electron chi connectivity index (χ3n) is 4.05. The fraction of sp³-hybridized carbons (Fsp3) is 0.929. The number of amides is 1. The summed E-state index contributed by atoms with van der Waals surface area (Å²) in [4.78, 5) is 11.8. The van der Waals surface area contributed by atoms with Gasteiger partial charge in [-0.15, -0.1) is 11.8 Å². The van der Waals surface area contributed by atoms with Crippen molar-refractivity contribution in [2.75, 3.05) is 25.4 Å². The Balaban J connectivity index is 1.54. The molecule has 1 heterocycles. The van der Waals surface area contributed by atoms with Gasteiger partial charge in [0.1, 0.15) is 0 Å². The Morgan fingerprint density at radius 2 is 1.83 bits per heavy atom. The van der Waals surface area contributed by atoms with Crippen molar-refractivity contribution >= 4 is 17.7 Å². The fourth-order valence-corrected chi connectivity index (χ4v) is 3.91. The topological polar surface area (TPSA) is 41.1 Å². The molecule has 0 atom stereocenters. The molecule has 1 saturated heterocycles. The van der Waals surface area contributed by atoms with Gasteiger partial charge in [0.2, 0.25) is 5.91 Å². The summed E-state index contributed by atoms with van der Waals surface area (Å²) in [5.41, 5.74) is 0. The SMILES string of the molecule is O=C(CSC1CCNCC1)NCC1CCCCC1. The lowest BCUT2D eigenvalue weighted by atomic mass is 9.89. The molecule has 104 valence electrons. The van der Waals surface area contributed by atoms with Crippen molar-refractivity contribution < 1.29 is 4.79 Å². The third kappa shape index (κ3) is 5.19. The van der Waals surface area contributed by atoms with E-state index in [0.29, 0.717) is 11.0 Å². The summed E-state index contributed by atoms with van der Waals surface area (Å²) >= 11 is 1.84. The maximum absolute atomic E-state index is 11.8. The van der Waals surface area contributed by atoms with Crippen molar-refractivity contribution in [3.63, 3.8) is 0 Å². The van der Waals surface area contributed by atoms with Crippen molar-refractivity contribution in [1.29, 1.82) is 0 Å². The van der Waals surface area contributed by atoms with Gasteiger partial charge in [-0.3, -0.25) is 4.79 Å². The van der Waals surface area contributed by atoms with E-state index < -0.39 is 0 Å².